The molecule has 11 heteroatoms. The van der Waals surface area contributed by atoms with E-state index in [0.29, 0.717) is 42.3 Å². The summed E-state index contributed by atoms with van der Waals surface area (Å²) in [4.78, 5) is 12.6. The molecule has 0 amide bonds. The van der Waals surface area contributed by atoms with Gasteiger partial charge in [0.2, 0.25) is 9.84 Å². The normalized spacial score (nSPS) is 11.2. The molecule has 0 saturated carbocycles. The van der Waals surface area contributed by atoms with Gasteiger partial charge in [0.1, 0.15) is 27.9 Å². The van der Waals surface area contributed by atoms with E-state index >= 15 is 0 Å². The molecule has 0 unspecified atom stereocenters. The maximum atomic E-state index is 12.9. The minimum Gasteiger partial charge on any atom is -0.494 e. The van der Waals surface area contributed by atoms with Gasteiger partial charge in [-0.05, 0) is 25.1 Å². The van der Waals surface area contributed by atoms with Crippen molar-refractivity contribution in [3.63, 3.8) is 0 Å². The number of sulfone groups is 1. The topological polar surface area (TPSA) is 115 Å². The fourth-order valence-corrected chi connectivity index (χ4v) is 4.84. The van der Waals surface area contributed by atoms with E-state index in [1.165, 1.54) is 24.7 Å². The van der Waals surface area contributed by atoms with E-state index in [0.717, 1.165) is 11.3 Å². The molecule has 0 aliphatic heterocycles. The third kappa shape index (κ3) is 5.40. The van der Waals surface area contributed by atoms with Crippen molar-refractivity contribution in [3.05, 3.63) is 42.9 Å². The fourth-order valence-electron chi connectivity index (χ4n) is 2.37. The van der Waals surface area contributed by atoms with Crippen LogP contribution in [0, 0.1) is 0 Å². The van der Waals surface area contributed by atoms with E-state index in [9.17, 15) is 8.42 Å². The number of thiazole rings is 1. The van der Waals surface area contributed by atoms with E-state index in [4.69, 9.17) is 9.47 Å². The summed E-state index contributed by atoms with van der Waals surface area (Å²) in [5, 5.41) is 6.51. The molecule has 2 aromatic heterocycles. The Labute approximate surface area is 173 Å². The third-order valence-electron chi connectivity index (χ3n) is 3.69. The molecule has 3 aromatic rings. The summed E-state index contributed by atoms with van der Waals surface area (Å²) in [7, 11) is -2.08. The van der Waals surface area contributed by atoms with Crippen LogP contribution in [-0.4, -0.2) is 50.2 Å². The SMILES string of the molecule is CCOc1cccc(S(=O)(=O)c2cnc(Nc3cc(NCCOC)ncn3)s2)c1. The first-order valence-corrected chi connectivity index (χ1v) is 11.1. The predicted molar refractivity (Wildman–Crippen MR) is 111 cm³/mol. The maximum absolute atomic E-state index is 12.9. The Morgan fingerprint density at radius 2 is 1.97 bits per heavy atom. The Bertz CT molecular complexity index is 1060. The lowest BCUT2D eigenvalue weighted by atomic mass is 10.3. The molecular formula is C18H21N5O4S2. The lowest BCUT2D eigenvalue weighted by Crippen LogP contribution is -2.09. The van der Waals surface area contributed by atoms with E-state index in [-0.39, 0.29) is 9.10 Å². The molecule has 3 rings (SSSR count). The third-order valence-corrected chi connectivity index (χ3v) is 6.82. The van der Waals surface area contributed by atoms with Crippen LogP contribution >= 0.6 is 11.3 Å². The van der Waals surface area contributed by atoms with Crippen LogP contribution in [-0.2, 0) is 14.6 Å². The molecule has 9 nitrogen and oxygen atoms in total. The van der Waals surface area contributed by atoms with Crippen molar-refractivity contribution in [1.29, 1.82) is 0 Å². The van der Waals surface area contributed by atoms with E-state index in [1.807, 2.05) is 6.92 Å². The van der Waals surface area contributed by atoms with Crippen LogP contribution in [0.4, 0.5) is 16.8 Å². The summed E-state index contributed by atoms with van der Waals surface area (Å²) in [6, 6.07) is 8.12. The fraction of sp³-hybridized carbons (Fsp3) is 0.278. The van der Waals surface area contributed by atoms with Crippen LogP contribution in [0.25, 0.3) is 0 Å². The van der Waals surface area contributed by atoms with Gasteiger partial charge in [-0.1, -0.05) is 17.4 Å². The summed E-state index contributed by atoms with van der Waals surface area (Å²) in [5.41, 5.74) is 0. The standard InChI is InChI=1S/C18H21N5O4S2/c1-3-27-13-5-4-6-14(9-13)29(24,25)17-11-20-18(28-17)23-16-10-15(21-12-22-16)19-7-8-26-2/h4-6,9-12H,3,7-8H2,1-2H3,(H2,19,20,21,22,23). The number of ether oxygens (including phenoxy) is 2. The van der Waals surface area contributed by atoms with Gasteiger partial charge in [0, 0.05) is 19.7 Å². The Morgan fingerprint density at radius 1 is 1.14 bits per heavy atom. The van der Waals surface area contributed by atoms with Crippen molar-refractivity contribution >= 4 is 37.9 Å². The minimum absolute atomic E-state index is 0.126. The lowest BCUT2D eigenvalue weighted by Gasteiger charge is -2.07. The largest absolute Gasteiger partial charge is 0.494 e. The monoisotopic (exact) mass is 435 g/mol. The average Bonchev–Trinajstić information content (AvgIpc) is 3.18. The first-order chi connectivity index (χ1) is 14.0. The Balaban J connectivity index is 1.75. The Morgan fingerprint density at radius 3 is 2.76 bits per heavy atom. The molecule has 2 heterocycles. The second kappa shape index (κ2) is 9.63. The molecule has 2 N–H and O–H groups in total. The number of rotatable bonds is 10. The first-order valence-electron chi connectivity index (χ1n) is 8.78. The van der Waals surface area contributed by atoms with Gasteiger partial charge in [-0.2, -0.15) is 0 Å². The van der Waals surface area contributed by atoms with Crippen molar-refractivity contribution in [2.45, 2.75) is 16.0 Å². The number of anilines is 3. The van der Waals surface area contributed by atoms with Crippen molar-refractivity contribution < 1.29 is 17.9 Å². The number of nitrogens with one attached hydrogen (secondary N) is 2. The highest BCUT2D eigenvalue weighted by Crippen LogP contribution is 2.31. The number of hydrogen-bond donors (Lipinski definition) is 2. The van der Waals surface area contributed by atoms with Gasteiger partial charge in [0.15, 0.2) is 5.13 Å². The van der Waals surface area contributed by atoms with Gasteiger partial charge < -0.3 is 20.1 Å². The molecule has 0 fully saturated rings. The highest BCUT2D eigenvalue weighted by atomic mass is 32.2. The van der Waals surface area contributed by atoms with E-state index in [1.54, 1.807) is 25.3 Å². The summed E-state index contributed by atoms with van der Waals surface area (Å²) >= 11 is 1.02. The molecule has 0 spiro atoms. The number of benzene rings is 1. The number of hydrogen-bond acceptors (Lipinski definition) is 10. The molecule has 0 saturated heterocycles. The molecule has 154 valence electrons. The van der Waals surface area contributed by atoms with Crippen molar-refractivity contribution in [3.8, 4) is 5.75 Å². The summed E-state index contributed by atoms with van der Waals surface area (Å²) in [6.45, 7) is 3.45. The zero-order valence-corrected chi connectivity index (χ0v) is 17.6. The minimum atomic E-state index is -3.70. The van der Waals surface area contributed by atoms with Crippen LogP contribution < -0.4 is 15.4 Å². The van der Waals surface area contributed by atoms with Crippen molar-refractivity contribution in [2.75, 3.05) is 37.5 Å². The molecule has 29 heavy (non-hydrogen) atoms. The lowest BCUT2D eigenvalue weighted by molar-refractivity contribution is 0.210. The second-order valence-electron chi connectivity index (χ2n) is 5.73. The van der Waals surface area contributed by atoms with Crippen LogP contribution in [0.1, 0.15) is 6.92 Å². The van der Waals surface area contributed by atoms with Crippen molar-refractivity contribution in [2.24, 2.45) is 0 Å². The molecule has 0 aliphatic rings. The number of methoxy groups -OCH3 is 1. The molecule has 0 aliphatic carbocycles. The van der Waals surface area contributed by atoms with Crippen LogP contribution in [0.15, 0.2) is 52.0 Å². The zero-order chi connectivity index (χ0) is 20.7. The Kier molecular flexibility index (Phi) is 6.96. The second-order valence-corrected chi connectivity index (χ2v) is 8.94. The Hall–Kier alpha value is -2.76. The smallest absolute Gasteiger partial charge is 0.217 e. The molecule has 0 atom stereocenters. The van der Waals surface area contributed by atoms with Crippen LogP contribution in [0.5, 0.6) is 5.75 Å². The average molecular weight is 436 g/mol. The van der Waals surface area contributed by atoms with Gasteiger partial charge in [-0.15, -0.1) is 0 Å². The molecule has 0 radical (unpaired) electrons. The quantitative estimate of drug-likeness (QED) is 0.464. The van der Waals surface area contributed by atoms with E-state index < -0.39 is 9.84 Å². The molecular weight excluding hydrogens is 414 g/mol. The first kappa shape index (κ1) is 21.0. The number of nitrogens with zero attached hydrogens (tertiary/aromatic N) is 3. The molecule has 0 bridgehead atoms. The number of aromatic nitrogens is 3. The maximum Gasteiger partial charge on any atom is 0.217 e. The van der Waals surface area contributed by atoms with Gasteiger partial charge in [0.25, 0.3) is 0 Å². The van der Waals surface area contributed by atoms with Crippen molar-refractivity contribution in [1.82, 2.24) is 15.0 Å². The predicted octanol–water partition coefficient (Wildman–Crippen LogP) is 2.97. The summed E-state index contributed by atoms with van der Waals surface area (Å²) in [5.74, 6) is 1.62. The van der Waals surface area contributed by atoms with Gasteiger partial charge in [-0.3, -0.25) is 0 Å². The van der Waals surface area contributed by atoms with E-state index in [2.05, 4.69) is 25.6 Å². The zero-order valence-electron chi connectivity index (χ0n) is 16.0. The van der Waals surface area contributed by atoms with Crippen LogP contribution in [0.3, 0.4) is 0 Å². The molecule has 1 aromatic carbocycles. The summed E-state index contributed by atoms with van der Waals surface area (Å²) < 4.78 is 36.3. The van der Waals surface area contributed by atoms with Crippen LogP contribution in [0.2, 0.25) is 0 Å². The summed E-state index contributed by atoms with van der Waals surface area (Å²) in [6.07, 6.45) is 2.73. The highest BCUT2D eigenvalue weighted by molar-refractivity contribution is 7.93. The van der Waals surface area contributed by atoms with Gasteiger partial charge in [0.05, 0.1) is 24.3 Å². The highest BCUT2D eigenvalue weighted by Gasteiger charge is 2.21. The van der Waals surface area contributed by atoms with Gasteiger partial charge in [-0.25, -0.2) is 23.4 Å². The van der Waals surface area contributed by atoms with Gasteiger partial charge >= 0.3 is 0 Å².